The number of rotatable bonds is 4. The van der Waals surface area contributed by atoms with Gasteiger partial charge in [0.05, 0.1) is 4.47 Å². The second kappa shape index (κ2) is 5.98. The highest BCUT2D eigenvalue weighted by Gasteiger charge is 2.24. The van der Waals surface area contributed by atoms with Gasteiger partial charge in [-0.05, 0) is 47.1 Å². The number of nitrogen functional groups attached to an aromatic ring is 1. The van der Waals surface area contributed by atoms with E-state index in [9.17, 15) is 13.2 Å². The quantitative estimate of drug-likeness (QED) is 0.618. The van der Waals surface area contributed by atoms with E-state index >= 15 is 0 Å². The fourth-order valence-electron chi connectivity index (χ4n) is 1.68. The molecule has 3 N–H and O–H groups in total. The molecule has 2 rings (SSSR count). The minimum atomic E-state index is -4.17. The van der Waals surface area contributed by atoms with Crippen LogP contribution in [0.3, 0.4) is 0 Å². The molecule has 0 atom stereocenters. The number of carbonyl (C=O) groups is 1. The second-order valence-electron chi connectivity index (χ2n) is 4.50. The first-order chi connectivity index (χ1) is 10.2. The third kappa shape index (κ3) is 3.23. The summed E-state index contributed by atoms with van der Waals surface area (Å²) in [4.78, 5) is 11.1. The van der Waals surface area contributed by atoms with Crippen molar-refractivity contribution in [2.75, 3.05) is 5.73 Å². The number of hydrogen-bond acceptors (Lipinski definition) is 5. The molecule has 0 aliphatic rings. The zero-order chi connectivity index (χ0) is 16.5. The SMILES string of the molecule is Cc1ccc(S(=O)(=O)Oc2c(C(=O)O)ccc(N)c2Br)cc1. The third-order valence-electron chi connectivity index (χ3n) is 2.86. The molecule has 0 amide bonds. The largest absolute Gasteiger partial charge is 0.478 e. The van der Waals surface area contributed by atoms with Crippen molar-refractivity contribution in [3.63, 3.8) is 0 Å². The molecule has 8 heteroatoms. The Kier molecular flexibility index (Phi) is 4.43. The minimum absolute atomic E-state index is 0.0723. The Morgan fingerprint density at radius 2 is 1.77 bits per heavy atom. The lowest BCUT2D eigenvalue weighted by molar-refractivity contribution is 0.0695. The monoisotopic (exact) mass is 385 g/mol. The van der Waals surface area contributed by atoms with E-state index in [1.165, 1.54) is 24.3 Å². The van der Waals surface area contributed by atoms with Crippen LogP contribution >= 0.6 is 15.9 Å². The van der Waals surface area contributed by atoms with Crippen molar-refractivity contribution in [2.45, 2.75) is 11.8 Å². The van der Waals surface area contributed by atoms with Gasteiger partial charge in [0.2, 0.25) is 0 Å². The Morgan fingerprint density at radius 3 is 2.32 bits per heavy atom. The molecule has 0 aliphatic carbocycles. The van der Waals surface area contributed by atoms with Crippen LogP contribution in [0.1, 0.15) is 15.9 Å². The molecule has 0 saturated heterocycles. The summed E-state index contributed by atoms with van der Waals surface area (Å²) in [7, 11) is -4.17. The van der Waals surface area contributed by atoms with Gasteiger partial charge in [0.1, 0.15) is 10.5 Å². The normalized spacial score (nSPS) is 11.2. The Morgan fingerprint density at radius 1 is 1.18 bits per heavy atom. The lowest BCUT2D eigenvalue weighted by Crippen LogP contribution is -2.13. The number of aromatic carboxylic acids is 1. The first-order valence-electron chi connectivity index (χ1n) is 6.05. The molecule has 0 spiro atoms. The van der Waals surface area contributed by atoms with E-state index in [2.05, 4.69) is 15.9 Å². The van der Waals surface area contributed by atoms with Crippen molar-refractivity contribution in [1.29, 1.82) is 0 Å². The minimum Gasteiger partial charge on any atom is -0.478 e. The molecule has 0 unspecified atom stereocenters. The first kappa shape index (κ1) is 16.3. The maximum atomic E-state index is 12.3. The maximum Gasteiger partial charge on any atom is 0.339 e. The number of anilines is 1. The Bertz CT molecular complexity index is 831. The summed E-state index contributed by atoms with van der Waals surface area (Å²) in [5.74, 6) is -1.68. The Hall–Kier alpha value is -2.06. The number of hydrogen-bond donors (Lipinski definition) is 2. The summed E-state index contributed by atoms with van der Waals surface area (Å²) < 4.78 is 29.6. The summed E-state index contributed by atoms with van der Waals surface area (Å²) in [6, 6.07) is 8.52. The Balaban J connectivity index is 2.52. The molecule has 2 aromatic carbocycles. The van der Waals surface area contributed by atoms with Gasteiger partial charge in [0.15, 0.2) is 5.75 Å². The predicted molar refractivity (Wildman–Crippen MR) is 84.5 cm³/mol. The fraction of sp³-hybridized carbons (Fsp3) is 0.0714. The van der Waals surface area contributed by atoms with Crippen LogP contribution in [0.2, 0.25) is 0 Å². The molecule has 0 aromatic heterocycles. The van der Waals surface area contributed by atoms with Crippen LogP contribution in [-0.4, -0.2) is 19.5 Å². The zero-order valence-corrected chi connectivity index (χ0v) is 13.8. The molecule has 6 nitrogen and oxygen atoms in total. The third-order valence-corrected chi connectivity index (χ3v) is 4.91. The number of aryl methyl sites for hydroxylation is 1. The van der Waals surface area contributed by atoms with Crippen molar-refractivity contribution < 1.29 is 22.5 Å². The number of carboxylic acid groups (broad SMARTS) is 1. The molecule has 0 bridgehead atoms. The highest BCUT2D eigenvalue weighted by molar-refractivity contribution is 9.10. The molecule has 0 saturated carbocycles. The van der Waals surface area contributed by atoms with Crippen LogP contribution in [0.5, 0.6) is 5.75 Å². The van der Waals surface area contributed by atoms with Crippen molar-refractivity contribution in [3.05, 3.63) is 52.0 Å². The topological polar surface area (TPSA) is 107 Å². The average Bonchev–Trinajstić information content (AvgIpc) is 2.44. The molecule has 2 aromatic rings. The van der Waals surface area contributed by atoms with Crippen LogP contribution < -0.4 is 9.92 Å². The lowest BCUT2D eigenvalue weighted by Gasteiger charge is -2.12. The van der Waals surface area contributed by atoms with Gasteiger partial charge in [-0.1, -0.05) is 17.7 Å². The average molecular weight is 386 g/mol. The van der Waals surface area contributed by atoms with E-state index in [1.54, 1.807) is 12.1 Å². The van der Waals surface area contributed by atoms with Crippen LogP contribution in [0.4, 0.5) is 5.69 Å². The molecule has 0 fully saturated rings. The van der Waals surface area contributed by atoms with E-state index < -0.39 is 16.1 Å². The maximum absolute atomic E-state index is 12.3. The highest BCUT2D eigenvalue weighted by Crippen LogP contribution is 2.36. The van der Waals surface area contributed by atoms with E-state index in [-0.39, 0.29) is 26.4 Å². The Labute approximate surface area is 135 Å². The van der Waals surface area contributed by atoms with Gasteiger partial charge in [-0.25, -0.2) is 4.79 Å². The van der Waals surface area contributed by atoms with Crippen LogP contribution in [0, 0.1) is 6.92 Å². The van der Waals surface area contributed by atoms with Crippen LogP contribution in [0.25, 0.3) is 0 Å². The summed E-state index contributed by atoms with van der Waals surface area (Å²) in [6.45, 7) is 1.81. The van der Waals surface area contributed by atoms with Gasteiger partial charge in [-0.3, -0.25) is 0 Å². The van der Waals surface area contributed by atoms with Gasteiger partial charge in [0, 0.05) is 5.69 Å². The fourth-order valence-corrected chi connectivity index (χ4v) is 3.18. The number of halogens is 1. The summed E-state index contributed by atoms with van der Waals surface area (Å²) in [5, 5.41) is 9.15. The lowest BCUT2D eigenvalue weighted by atomic mass is 10.2. The molecule has 0 aliphatic heterocycles. The zero-order valence-electron chi connectivity index (χ0n) is 11.4. The van der Waals surface area contributed by atoms with Crippen molar-refractivity contribution in [1.82, 2.24) is 0 Å². The number of benzene rings is 2. The van der Waals surface area contributed by atoms with E-state index in [1.807, 2.05) is 6.92 Å². The van der Waals surface area contributed by atoms with E-state index in [4.69, 9.17) is 15.0 Å². The smallest absolute Gasteiger partial charge is 0.339 e. The van der Waals surface area contributed by atoms with Gasteiger partial charge >= 0.3 is 16.1 Å². The summed E-state index contributed by atoms with van der Waals surface area (Å²) in [5.41, 5.74) is 6.39. The standard InChI is InChI=1S/C14H12BrNO5S/c1-8-2-4-9(5-3-8)22(19,20)21-13-10(14(17)18)6-7-11(16)12(13)15/h2-7H,16H2,1H3,(H,17,18). The van der Waals surface area contributed by atoms with Crippen LogP contribution in [0.15, 0.2) is 45.8 Å². The summed E-state index contributed by atoms with van der Waals surface area (Å²) >= 11 is 3.06. The van der Waals surface area contributed by atoms with Crippen molar-refractivity contribution in [3.8, 4) is 5.75 Å². The van der Waals surface area contributed by atoms with Crippen molar-refractivity contribution in [2.24, 2.45) is 0 Å². The predicted octanol–water partition coefficient (Wildman–Crippen LogP) is 2.81. The van der Waals surface area contributed by atoms with Crippen LogP contribution in [-0.2, 0) is 10.1 Å². The molecule has 0 radical (unpaired) electrons. The van der Waals surface area contributed by atoms with Gasteiger partial charge in [-0.15, -0.1) is 0 Å². The second-order valence-corrected chi connectivity index (χ2v) is 6.84. The van der Waals surface area contributed by atoms with Gasteiger partial charge in [0.25, 0.3) is 0 Å². The molecular weight excluding hydrogens is 374 g/mol. The number of nitrogens with two attached hydrogens (primary N) is 1. The molecule has 0 heterocycles. The molecule has 22 heavy (non-hydrogen) atoms. The highest BCUT2D eigenvalue weighted by atomic mass is 79.9. The number of carboxylic acids is 1. The molecule has 116 valence electrons. The first-order valence-corrected chi connectivity index (χ1v) is 8.25. The van der Waals surface area contributed by atoms with Crippen molar-refractivity contribution >= 4 is 37.7 Å². The van der Waals surface area contributed by atoms with Gasteiger partial charge < -0.3 is 15.0 Å². The van der Waals surface area contributed by atoms with E-state index in [0.29, 0.717) is 0 Å². The van der Waals surface area contributed by atoms with E-state index in [0.717, 1.165) is 5.56 Å². The van der Waals surface area contributed by atoms with Gasteiger partial charge in [-0.2, -0.15) is 8.42 Å². The molecular formula is C14H12BrNO5S. The summed E-state index contributed by atoms with van der Waals surface area (Å²) in [6.07, 6.45) is 0.